The molecule has 0 saturated heterocycles. The molecule has 0 aromatic heterocycles. The SMILES string of the molecule is COc1cccc(N(C)CC2CC2)c1C(C)=O. The largest absolute Gasteiger partial charge is 0.496 e. The standard InChI is InChI=1S/C14H19NO2/c1-10(16)14-12(5-4-6-13(14)17-3)15(2)9-11-7-8-11/h4-6,11H,7-9H2,1-3H3. The third kappa shape index (κ3) is 2.60. The molecule has 92 valence electrons. The number of ketones is 1. The van der Waals surface area contributed by atoms with E-state index in [0.717, 1.165) is 18.2 Å². The highest BCUT2D eigenvalue weighted by atomic mass is 16.5. The number of rotatable bonds is 5. The van der Waals surface area contributed by atoms with E-state index in [1.807, 2.05) is 25.2 Å². The van der Waals surface area contributed by atoms with Gasteiger partial charge in [-0.15, -0.1) is 0 Å². The van der Waals surface area contributed by atoms with Gasteiger partial charge in [-0.05, 0) is 37.8 Å². The fraction of sp³-hybridized carbons (Fsp3) is 0.500. The Kier molecular flexibility index (Phi) is 3.36. The van der Waals surface area contributed by atoms with Crippen LogP contribution in [-0.2, 0) is 0 Å². The Morgan fingerprint density at radius 2 is 2.18 bits per heavy atom. The zero-order chi connectivity index (χ0) is 12.4. The molecule has 1 saturated carbocycles. The van der Waals surface area contributed by atoms with E-state index in [-0.39, 0.29) is 5.78 Å². The summed E-state index contributed by atoms with van der Waals surface area (Å²) in [6.45, 7) is 2.61. The van der Waals surface area contributed by atoms with Crippen molar-refractivity contribution in [3.8, 4) is 5.75 Å². The summed E-state index contributed by atoms with van der Waals surface area (Å²) in [5.74, 6) is 1.52. The summed E-state index contributed by atoms with van der Waals surface area (Å²) in [7, 11) is 3.64. The zero-order valence-electron chi connectivity index (χ0n) is 10.7. The van der Waals surface area contributed by atoms with Gasteiger partial charge < -0.3 is 9.64 Å². The number of Topliss-reactive ketones (excluding diaryl/α,β-unsaturated/α-hetero) is 1. The monoisotopic (exact) mass is 233 g/mol. The number of benzene rings is 1. The number of anilines is 1. The lowest BCUT2D eigenvalue weighted by Crippen LogP contribution is -2.22. The maximum Gasteiger partial charge on any atom is 0.165 e. The second-order valence-corrected chi connectivity index (χ2v) is 4.73. The van der Waals surface area contributed by atoms with Crippen molar-refractivity contribution in [2.75, 3.05) is 25.6 Å². The maximum atomic E-state index is 11.7. The summed E-state index contributed by atoms with van der Waals surface area (Å²) in [5, 5.41) is 0. The molecule has 1 aromatic rings. The highest BCUT2D eigenvalue weighted by Gasteiger charge is 2.25. The van der Waals surface area contributed by atoms with Gasteiger partial charge in [-0.25, -0.2) is 0 Å². The molecule has 1 aliphatic carbocycles. The van der Waals surface area contributed by atoms with Crippen LogP contribution in [0.2, 0.25) is 0 Å². The second kappa shape index (κ2) is 4.78. The minimum absolute atomic E-state index is 0.0556. The number of methoxy groups -OCH3 is 1. The van der Waals surface area contributed by atoms with Crippen LogP contribution < -0.4 is 9.64 Å². The predicted molar refractivity (Wildman–Crippen MR) is 69.0 cm³/mol. The maximum absolute atomic E-state index is 11.7. The van der Waals surface area contributed by atoms with Crippen LogP contribution in [0, 0.1) is 5.92 Å². The molecule has 0 heterocycles. The molecule has 0 unspecified atom stereocenters. The molecule has 0 N–H and O–H groups in total. The van der Waals surface area contributed by atoms with Crippen LogP contribution in [0.3, 0.4) is 0 Å². The van der Waals surface area contributed by atoms with Crippen LogP contribution in [0.25, 0.3) is 0 Å². The highest BCUT2D eigenvalue weighted by Crippen LogP contribution is 2.34. The quantitative estimate of drug-likeness (QED) is 0.732. The first kappa shape index (κ1) is 12.0. The molecule has 3 nitrogen and oxygen atoms in total. The Labute approximate surface area is 102 Å². The van der Waals surface area contributed by atoms with E-state index in [1.54, 1.807) is 14.0 Å². The van der Waals surface area contributed by atoms with Gasteiger partial charge >= 0.3 is 0 Å². The van der Waals surface area contributed by atoms with Gasteiger partial charge in [0.15, 0.2) is 5.78 Å². The van der Waals surface area contributed by atoms with Crippen molar-refractivity contribution in [1.29, 1.82) is 0 Å². The normalized spacial score (nSPS) is 14.5. The number of hydrogen-bond donors (Lipinski definition) is 0. The van der Waals surface area contributed by atoms with Gasteiger partial charge in [0, 0.05) is 13.6 Å². The molecule has 0 spiro atoms. The average Bonchev–Trinajstić information content (AvgIpc) is 3.11. The fourth-order valence-electron chi connectivity index (χ4n) is 2.15. The van der Waals surface area contributed by atoms with Crippen molar-refractivity contribution in [1.82, 2.24) is 0 Å². The van der Waals surface area contributed by atoms with Crippen LogP contribution in [0.1, 0.15) is 30.1 Å². The molecule has 2 rings (SSSR count). The average molecular weight is 233 g/mol. The number of carbonyl (C=O) groups excluding carboxylic acids is 1. The molecule has 0 atom stereocenters. The van der Waals surface area contributed by atoms with Crippen molar-refractivity contribution in [3.05, 3.63) is 23.8 Å². The zero-order valence-corrected chi connectivity index (χ0v) is 10.7. The Morgan fingerprint density at radius 3 is 2.71 bits per heavy atom. The van der Waals surface area contributed by atoms with Crippen LogP contribution >= 0.6 is 0 Å². The summed E-state index contributed by atoms with van der Waals surface area (Å²) in [5.41, 5.74) is 1.67. The molecule has 1 fully saturated rings. The summed E-state index contributed by atoms with van der Waals surface area (Å²) in [6, 6.07) is 5.76. The van der Waals surface area contributed by atoms with Crippen LogP contribution in [0.15, 0.2) is 18.2 Å². The lowest BCUT2D eigenvalue weighted by atomic mass is 10.1. The van der Waals surface area contributed by atoms with Crippen molar-refractivity contribution in [3.63, 3.8) is 0 Å². The van der Waals surface area contributed by atoms with E-state index in [9.17, 15) is 4.79 Å². The van der Waals surface area contributed by atoms with Crippen LogP contribution in [0.5, 0.6) is 5.75 Å². The van der Waals surface area contributed by atoms with E-state index in [2.05, 4.69) is 4.90 Å². The molecule has 0 amide bonds. The number of nitrogens with zero attached hydrogens (tertiary/aromatic N) is 1. The summed E-state index contributed by atoms with van der Waals surface area (Å²) in [6.07, 6.45) is 2.62. The summed E-state index contributed by atoms with van der Waals surface area (Å²) < 4.78 is 5.27. The van der Waals surface area contributed by atoms with E-state index in [4.69, 9.17) is 4.74 Å². The second-order valence-electron chi connectivity index (χ2n) is 4.73. The minimum Gasteiger partial charge on any atom is -0.496 e. The van der Waals surface area contributed by atoms with Gasteiger partial charge in [-0.1, -0.05) is 6.07 Å². The summed E-state index contributed by atoms with van der Waals surface area (Å²) in [4.78, 5) is 13.9. The fourth-order valence-corrected chi connectivity index (χ4v) is 2.15. The van der Waals surface area contributed by atoms with Crippen molar-refractivity contribution >= 4 is 11.5 Å². The summed E-state index contributed by atoms with van der Waals surface area (Å²) >= 11 is 0. The van der Waals surface area contributed by atoms with E-state index in [1.165, 1.54) is 12.8 Å². The van der Waals surface area contributed by atoms with Crippen LogP contribution in [0.4, 0.5) is 5.69 Å². The van der Waals surface area contributed by atoms with Gasteiger partial charge in [0.1, 0.15) is 5.75 Å². The Balaban J connectivity index is 2.33. The first-order valence-electron chi connectivity index (χ1n) is 6.02. The molecular weight excluding hydrogens is 214 g/mol. The van der Waals surface area contributed by atoms with E-state index in [0.29, 0.717) is 11.3 Å². The predicted octanol–water partition coefficient (Wildman–Crippen LogP) is 2.74. The number of ether oxygens (including phenoxy) is 1. The smallest absolute Gasteiger partial charge is 0.165 e. The number of carbonyl (C=O) groups is 1. The Morgan fingerprint density at radius 1 is 1.47 bits per heavy atom. The molecule has 3 heteroatoms. The van der Waals surface area contributed by atoms with Gasteiger partial charge in [0.25, 0.3) is 0 Å². The molecule has 0 aliphatic heterocycles. The van der Waals surface area contributed by atoms with Crippen LogP contribution in [-0.4, -0.2) is 26.5 Å². The third-order valence-electron chi connectivity index (χ3n) is 3.22. The third-order valence-corrected chi connectivity index (χ3v) is 3.22. The van der Waals surface area contributed by atoms with Gasteiger partial charge in [-0.3, -0.25) is 4.79 Å². The van der Waals surface area contributed by atoms with Crippen molar-refractivity contribution in [2.24, 2.45) is 5.92 Å². The van der Waals surface area contributed by atoms with E-state index < -0.39 is 0 Å². The molecule has 1 aliphatic rings. The molecule has 0 radical (unpaired) electrons. The number of hydrogen-bond acceptors (Lipinski definition) is 3. The van der Waals surface area contributed by atoms with Crippen molar-refractivity contribution < 1.29 is 9.53 Å². The molecule has 1 aromatic carbocycles. The first-order valence-corrected chi connectivity index (χ1v) is 6.02. The minimum atomic E-state index is 0.0556. The topological polar surface area (TPSA) is 29.5 Å². The Hall–Kier alpha value is -1.51. The lowest BCUT2D eigenvalue weighted by molar-refractivity contribution is 0.101. The Bertz CT molecular complexity index is 424. The van der Waals surface area contributed by atoms with Crippen molar-refractivity contribution in [2.45, 2.75) is 19.8 Å². The van der Waals surface area contributed by atoms with Gasteiger partial charge in [0.2, 0.25) is 0 Å². The molecule has 17 heavy (non-hydrogen) atoms. The highest BCUT2D eigenvalue weighted by molar-refractivity contribution is 6.02. The van der Waals surface area contributed by atoms with Gasteiger partial charge in [-0.2, -0.15) is 0 Å². The first-order chi connectivity index (χ1) is 8.13. The van der Waals surface area contributed by atoms with Gasteiger partial charge in [0.05, 0.1) is 18.4 Å². The van der Waals surface area contributed by atoms with E-state index >= 15 is 0 Å². The molecular formula is C14H19NO2. The lowest BCUT2D eigenvalue weighted by Gasteiger charge is -2.22. The molecule has 0 bridgehead atoms.